The van der Waals surface area contributed by atoms with Crippen molar-refractivity contribution in [1.82, 2.24) is 14.7 Å². The van der Waals surface area contributed by atoms with Gasteiger partial charge in [-0.15, -0.1) is 0 Å². The molecule has 1 heterocycles. The molecule has 0 radical (unpaired) electrons. The van der Waals surface area contributed by atoms with Gasteiger partial charge in [0, 0.05) is 11.3 Å². The Balaban J connectivity index is 1.63. The highest BCUT2D eigenvalue weighted by Gasteiger charge is 2.20. The maximum absolute atomic E-state index is 12.5. The van der Waals surface area contributed by atoms with Gasteiger partial charge in [0.05, 0.1) is 23.3 Å². The summed E-state index contributed by atoms with van der Waals surface area (Å²) in [6.45, 7) is 5.38. The van der Waals surface area contributed by atoms with Gasteiger partial charge in [0.25, 0.3) is 5.91 Å². The highest BCUT2D eigenvalue weighted by Crippen LogP contribution is 2.27. The molecule has 1 unspecified atom stereocenters. The highest BCUT2D eigenvalue weighted by atomic mass is 32.2. The third-order valence-electron chi connectivity index (χ3n) is 4.96. The SMILES string of the molecule is CC1CC=CC=C1c1cnc(NC(=O)C2=CC=C(NS(=O)(=O)C(C)C)CC2)cn1. The summed E-state index contributed by atoms with van der Waals surface area (Å²) in [5, 5.41) is 2.24. The predicted octanol–water partition coefficient (Wildman–Crippen LogP) is 3.33. The second kappa shape index (κ2) is 8.73. The molecule has 8 heteroatoms. The van der Waals surface area contributed by atoms with Crippen LogP contribution in [0.15, 0.2) is 54.0 Å². The Morgan fingerprint density at radius 3 is 2.52 bits per heavy atom. The number of nitrogens with zero attached hydrogens (tertiary/aromatic N) is 2. The van der Waals surface area contributed by atoms with E-state index in [0.29, 0.717) is 35.8 Å². The quantitative estimate of drug-likeness (QED) is 0.744. The summed E-state index contributed by atoms with van der Waals surface area (Å²) in [6, 6.07) is 0. The zero-order valence-electron chi connectivity index (χ0n) is 16.8. The van der Waals surface area contributed by atoms with Gasteiger partial charge in [0.15, 0.2) is 5.82 Å². The average molecular weight is 415 g/mol. The van der Waals surface area contributed by atoms with E-state index in [4.69, 9.17) is 0 Å². The number of amides is 1. The van der Waals surface area contributed by atoms with Crippen LogP contribution in [0.5, 0.6) is 0 Å². The van der Waals surface area contributed by atoms with Gasteiger partial charge < -0.3 is 5.32 Å². The third kappa shape index (κ3) is 5.20. The lowest BCUT2D eigenvalue weighted by Gasteiger charge is -2.18. The van der Waals surface area contributed by atoms with E-state index in [0.717, 1.165) is 17.7 Å². The molecule has 0 fully saturated rings. The van der Waals surface area contributed by atoms with E-state index in [1.807, 2.05) is 12.2 Å². The summed E-state index contributed by atoms with van der Waals surface area (Å²) in [4.78, 5) is 21.2. The zero-order valence-corrected chi connectivity index (χ0v) is 17.7. The first-order valence-electron chi connectivity index (χ1n) is 9.68. The van der Waals surface area contributed by atoms with Gasteiger partial charge in [0.1, 0.15) is 0 Å². The van der Waals surface area contributed by atoms with Crippen LogP contribution in [0.4, 0.5) is 5.82 Å². The molecule has 0 saturated heterocycles. The molecule has 2 aliphatic carbocycles. The fourth-order valence-electron chi connectivity index (χ4n) is 3.03. The Labute approximate surface area is 171 Å². The summed E-state index contributed by atoms with van der Waals surface area (Å²) >= 11 is 0. The Kier molecular flexibility index (Phi) is 6.32. The van der Waals surface area contributed by atoms with E-state index in [1.54, 1.807) is 38.4 Å². The van der Waals surface area contributed by atoms with Crippen LogP contribution in [-0.2, 0) is 14.8 Å². The normalized spacial score (nSPS) is 19.3. The average Bonchev–Trinajstić information content (AvgIpc) is 2.69. The van der Waals surface area contributed by atoms with Crippen LogP contribution in [0.2, 0.25) is 0 Å². The van der Waals surface area contributed by atoms with Crippen LogP contribution in [0.25, 0.3) is 5.57 Å². The molecule has 0 spiro atoms. The van der Waals surface area contributed by atoms with E-state index in [2.05, 4.69) is 33.0 Å². The predicted molar refractivity (Wildman–Crippen MR) is 114 cm³/mol. The minimum atomic E-state index is -3.38. The van der Waals surface area contributed by atoms with Crippen LogP contribution >= 0.6 is 0 Å². The number of rotatable bonds is 6. The Morgan fingerprint density at radius 2 is 1.93 bits per heavy atom. The van der Waals surface area contributed by atoms with Crippen molar-refractivity contribution in [2.75, 3.05) is 5.32 Å². The molecule has 2 aliphatic rings. The minimum absolute atomic E-state index is 0.262. The molecule has 1 aromatic rings. The van der Waals surface area contributed by atoms with Crippen LogP contribution in [0, 0.1) is 5.92 Å². The number of carbonyl (C=O) groups excluding carboxylic acids is 1. The molecule has 0 aliphatic heterocycles. The topological polar surface area (TPSA) is 101 Å². The van der Waals surface area contributed by atoms with Crippen molar-refractivity contribution in [1.29, 1.82) is 0 Å². The first kappa shape index (κ1) is 21.0. The Hall–Kier alpha value is -2.74. The van der Waals surface area contributed by atoms with Gasteiger partial charge in [0.2, 0.25) is 10.0 Å². The lowest BCUT2D eigenvalue weighted by molar-refractivity contribution is -0.113. The molecule has 1 aromatic heterocycles. The molecular weight excluding hydrogens is 388 g/mol. The van der Waals surface area contributed by atoms with E-state index in [9.17, 15) is 13.2 Å². The molecule has 1 amide bonds. The Bertz CT molecular complexity index is 1000. The number of hydrogen-bond donors (Lipinski definition) is 2. The fraction of sp³-hybridized carbons (Fsp3) is 0.381. The molecule has 154 valence electrons. The molecule has 1 atom stereocenters. The second-order valence-electron chi connectivity index (χ2n) is 7.51. The van der Waals surface area contributed by atoms with Crippen molar-refractivity contribution in [2.45, 2.75) is 45.3 Å². The minimum Gasteiger partial charge on any atom is -0.306 e. The van der Waals surface area contributed by atoms with Gasteiger partial charge in [-0.3, -0.25) is 14.5 Å². The van der Waals surface area contributed by atoms with E-state index in [1.165, 1.54) is 0 Å². The van der Waals surface area contributed by atoms with Gasteiger partial charge in [-0.1, -0.05) is 31.2 Å². The lowest BCUT2D eigenvalue weighted by atomic mass is 9.91. The maximum Gasteiger partial charge on any atom is 0.252 e. The molecule has 2 N–H and O–H groups in total. The first-order chi connectivity index (χ1) is 13.8. The summed E-state index contributed by atoms with van der Waals surface area (Å²) in [5.41, 5.74) is 3.09. The van der Waals surface area contributed by atoms with Crippen molar-refractivity contribution in [3.8, 4) is 0 Å². The molecule has 3 rings (SSSR count). The maximum atomic E-state index is 12.5. The lowest BCUT2D eigenvalue weighted by Crippen LogP contribution is -2.31. The van der Waals surface area contributed by atoms with Crippen molar-refractivity contribution in [3.63, 3.8) is 0 Å². The molecule has 0 aromatic carbocycles. The number of aromatic nitrogens is 2. The smallest absolute Gasteiger partial charge is 0.252 e. The summed E-state index contributed by atoms with van der Waals surface area (Å²) in [7, 11) is -3.38. The van der Waals surface area contributed by atoms with Crippen LogP contribution in [0.1, 0.15) is 45.7 Å². The summed E-state index contributed by atoms with van der Waals surface area (Å²) < 4.78 is 26.5. The van der Waals surface area contributed by atoms with Crippen molar-refractivity contribution in [3.05, 3.63) is 59.7 Å². The monoisotopic (exact) mass is 414 g/mol. The zero-order chi connectivity index (χ0) is 21.0. The number of allylic oxidation sites excluding steroid dienone is 7. The first-order valence-corrected chi connectivity index (χ1v) is 11.2. The molecule has 0 saturated carbocycles. The number of nitrogens with one attached hydrogen (secondary N) is 2. The van der Waals surface area contributed by atoms with Gasteiger partial charge in [-0.05, 0) is 50.7 Å². The van der Waals surface area contributed by atoms with E-state index >= 15 is 0 Å². The van der Waals surface area contributed by atoms with E-state index < -0.39 is 15.3 Å². The summed E-state index contributed by atoms with van der Waals surface area (Å²) in [6.07, 6.45) is 14.6. The van der Waals surface area contributed by atoms with Crippen molar-refractivity contribution >= 4 is 27.3 Å². The largest absolute Gasteiger partial charge is 0.306 e. The van der Waals surface area contributed by atoms with Crippen LogP contribution in [0.3, 0.4) is 0 Å². The number of anilines is 1. The molecule has 29 heavy (non-hydrogen) atoms. The van der Waals surface area contributed by atoms with Gasteiger partial charge in [-0.25, -0.2) is 13.4 Å². The van der Waals surface area contributed by atoms with E-state index in [-0.39, 0.29) is 5.91 Å². The second-order valence-corrected chi connectivity index (χ2v) is 9.74. The van der Waals surface area contributed by atoms with Crippen LogP contribution < -0.4 is 10.0 Å². The van der Waals surface area contributed by atoms with Gasteiger partial charge >= 0.3 is 0 Å². The van der Waals surface area contributed by atoms with Gasteiger partial charge in [-0.2, -0.15) is 0 Å². The number of hydrogen-bond acceptors (Lipinski definition) is 5. The number of sulfonamides is 1. The van der Waals surface area contributed by atoms with Crippen molar-refractivity contribution < 1.29 is 13.2 Å². The molecule has 7 nitrogen and oxygen atoms in total. The fourth-order valence-corrected chi connectivity index (χ4v) is 3.81. The molecular formula is C21H26N4O3S. The highest BCUT2D eigenvalue weighted by molar-refractivity contribution is 7.90. The van der Waals surface area contributed by atoms with Crippen molar-refractivity contribution in [2.24, 2.45) is 5.92 Å². The molecule has 0 bridgehead atoms. The standard InChI is InChI=1S/C21H26N4O3S/c1-14(2)29(27,28)25-17-10-8-16(9-11-17)21(26)24-20-13-22-19(12-23-20)18-7-5-4-6-15(18)3/h4-5,7-8,10,12-15,25H,6,9,11H2,1-3H3,(H,23,24,26). The van der Waals surface area contributed by atoms with Crippen LogP contribution in [-0.4, -0.2) is 29.5 Å². The third-order valence-corrected chi connectivity index (χ3v) is 6.74. The number of carbonyl (C=O) groups is 1. The summed E-state index contributed by atoms with van der Waals surface area (Å²) in [5.74, 6) is 0.507. The Morgan fingerprint density at radius 1 is 1.14 bits per heavy atom.